The molecule has 0 aliphatic rings. The van der Waals surface area contributed by atoms with Crippen LogP contribution in [0.4, 0.5) is 17.1 Å². The molecule has 0 saturated carbocycles. The molecule has 4 aromatic rings. The van der Waals surface area contributed by atoms with Crippen molar-refractivity contribution in [1.82, 2.24) is 0 Å². The molecule has 8 nitrogen and oxygen atoms in total. The third kappa shape index (κ3) is 7.32. The highest BCUT2D eigenvalue weighted by molar-refractivity contribution is 7.92. The van der Waals surface area contributed by atoms with Crippen LogP contribution >= 0.6 is 0 Å². The number of nitrogens with one attached hydrogen (secondary N) is 2. The predicted octanol–water partition coefficient (Wildman–Crippen LogP) is 5.40. The molecule has 0 fully saturated rings. The average Bonchev–Trinajstić information content (AvgIpc) is 2.78. The molecule has 4 aromatic carbocycles. The number of hydrogen-bond acceptors (Lipinski definition) is 6. The second kappa shape index (κ2) is 10.9. The summed E-state index contributed by atoms with van der Waals surface area (Å²) in [5, 5.41) is 8.01. The number of sulfonamides is 1. The maximum atomic E-state index is 12.1. The second-order valence-electron chi connectivity index (χ2n) is 7.89. The summed E-state index contributed by atoms with van der Waals surface area (Å²) in [6.07, 6.45) is 1.27. The van der Waals surface area contributed by atoms with Gasteiger partial charge >= 0.3 is 0 Å². The molecule has 4 rings (SSSR count). The number of hydrogen-bond donors (Lipinski definition) is 3. The van der Waals surface area contributed by atoms with Crippen molar-refractivity contribution in [2.24, 2.45) is 0 Å². The molecule has 0 spiro atoms. The van der Waals surface area contributed by atoms with Crippen LogP contribution in [0.3, 0.4) is 0 Å². The number of fused-ring (bicyclic) bond motifs is 2. The molecule has 10 heteroatoms. The van der Waals surface area contributed by atoms with Crippen LogP contribution in [0, 0.1) is 0 Å². The molecule has 0 heterocycles. The summed E-state index contributed by atoms with van der Waals surface area (Å²) in [6.45, 7) is 1.83. The third-order valence-electron chi connectivity index (χ3n) is 4.98. The Labute approximate surface area is 205 Å². The molecular formula is C25H28N2O6S2. The molecule has 0 bridgehead atoms. The van der Waals surface area contributed by atoms with E-state index in [0.29, 0.717) is 24.1 Å². The van der Waals surface area contributed by atoms with E-state index >= 15 is 0 Å². The third-order valence-corrected chi connectivity index (χ3v) is 6.47. The summed E-state index contributed by atoms with van der Waals surface area (Å²) < 4.78 is 58.2. The summed E-state index contributed by atoms with van der Waals surface area (Å²) in [7, 11) is -5.46. The van der Waals surface area contributed by atoms with Crippen LogP contribution in [0.1, 0.15) is 13.3 Å². The molecule has 0 amide bonds. The van der Waals surface area contributed by atoms with Gasteiger partial charge in [0.05, 0.1) is 36.2 Å². The first-order chi connectivity index (χ1) is 16.5. The molecule has 0 atom stereocenters. The number of benzene rings is 4. The lowest BCUT2D eigenvalue weighted by Crippen LogP contribution is -2.16. The van der Waals surface area contributed by atoms with E-state index in [0.717, 1.165) is 32.9 Å². The molecule has 0 aromatic heterocycles. The fraction of sp³-hybridized carbons (Fsp3) is 0.200. The summed E-state index contributed by atoms with van der Waals surface area (Å²) in [5.74, 6) is 0.640. The van der Waals surface area contributed by atoms with E-state index in [1.807, 2.05) is 37.3 Å². The minimum Gasteiger partial charge on any atom is -0.494 e. The van der Waals surface area contributed by atoms with Crippen molar-refractivity contribution in [3.8, 4) is 5.75 Å². The van der Waals surface area contributed by atoms with Crippen molar-refractivity contribution in [2.45, 2.75) is 13.3 Å². The van der Waals surface area contributed by atoms with E-state index in [4.69, 9.17) is 9.29 Å². The monoisotopic (exact) mass is 516 g/mol. The van der Waals surface area contributed by atoms with Gasteiger partial charge in [0.15, 0.2) is 0 Å². The van der Waals surface area contributed by atoms with Crippen LogP contribution in [-0.2, 0) is 20.1 Å². The fourth-order valence-corrected chi connectivity index (χ4v) is 4.77. The van der Waals surface area contributed by atoms with Crippen LogP contribution in [-0.4, -0.2) is 40.5 Å². The molecule has 35 heavy (non-hydrogen) atoms. The van der Waals surface area contributed by atoms with E-state index in [1.54, 1.807) is 19.2 Å². The van der Waals surface area contributed by atoms with Gasteiger partial charge in [-0.15, -0.1) is 0 Å². The van der Waals surface area contributed by atoms with Crippen molar-refractivity contribution in [3.63, 3.8) is 0 Å². The first kappa shape index (κ1) is 26.3. The van der Waals surface area contributed by atoms with E-state index in [2.05, 4.69) is 40.4 Å². The number of anilines is 3. The van der Waals surface area contributed by atoms with E-state index in [9.17, 15) is 16.8 Å². The Bertz CT molecular complexity index is 1490. The lowest BCUT2D eigenvalue weighted by molar-refractivity contribution is 0.417. The fourth-order valence-electron chi connectivity index (χ4n) is 3.64. The summed E-state index contributed by atoms with van der Waals surface area (Å²) >= 11 is 0. The predicted molar refractivity (Wildman–Crippen MR) is 143 cm³/mol. The SMILES string of the molecule is CCCS(=O)(=O)Nc1ccc(Nc2c3ccccc3cc3ccccc23)c(OC)c1.CS(=O)(=O)O. The average molecular weight is 517 g/mol. The second-order valence-corrected chi connectivity index (χ2v) is 11.2. The zero-order chi connectivity index (χ0) is 25.6. The highest BCUT2D eigenvalue weighted by Gasteiger charge is 2.13. The zero-order valence-corrected chi connectivity index (χ0v) is 21.3. The van der Waals surface area contributed by atoms with Gasteiger partial charge in [0.25, 0.3) is 10.1 Å². The Kier molecular flexibility index (Phi) is 8.21. The van der Waals surface area contributed by atoms with Gasteiger partial charge < -0.3 is 10.1 Å². The van der Waals surface area contributed by atoms with Gasteiger partial charge in [-0.2, -0.15) is 8.42 Å². The molecular weight excluding hydrogens is 488 g/mol. The molecule has 0 unspecified atom stereocenters. The maximum Gasteiger partial charge on any atom is 0.261 e. The van der Waals surface area contributed by atoms with Gasteiger partial charge in [-0.3, -0.25) is 9.27 Å². The lowest BCUT2D eigenvalue weighted by atomic mass is 10.0. The van der Waals surface area contributed by atoms with Crippen LogP contribution in [0.25, 0.3) is 21.5 Å². The van der Waals surface area contributed by atoms with Crippen molar-refractivity contribution in [2.75, 3.05) is 29.2 Å². The van der Waals surface area contributed by atoms with E-state index < -0.39 is 20.1 Å². The van der Waals surface area contributed by atoms with Crippen molar-refractivity contribution < 1.29 is 26.1 Å². The summed E-state index contributed by atoms with van der Waals surface area (Å²) in [6, 6.07) is 23.9. The van der Waals surface area contributed by atoms with Crippen LogP contribution in [0.2, 0.25) is 0 Å². The molecule has 0 radical (unpaired) electrons. The van der Waals surface area contributed by atoms with Crippen molar-refractivity contribution >= 4 is 58.7 Å². The highest BCUT2D eigenvalue weighted by Crippen LogP contribution is 2.38. The Morgan fingerprint density at radius 2 is 1.40 bits per heavy atom. The Balaban J connectivity index is 0.000000623. The van der Waals surface area contributed by atoms with Gasteiger partial charge in [0.1, 0.15) is 5.75 Å². The minimum absolute atomic E-state index is 0.0807. The Morgan fingerprint density at radius 1 is 0.857 bits per heavy atom. The maximum absolute atomic E-state index is 12.1. The van der Waals surface area contributed by atoms with Gasteiger partial charge in [-0.1, -0.05) is 55.5 Å². The minimum atomic E-state index is -3.67. The van der Waals surface area contributed by atoms with Gasteiger partial charge in [0, 0.05) is 16.8 Å². The van der Waals surface area contributed by atoms with Crippen LogP contribution in [0.5, 0.6) is 5.75 Å². The number of ether oxygens (including phenoxy) is 1. The van der Waals surface area contributed by atoms with Crippen molar-refractivity contribution in [3.05, 3.63) is 72.8 Å². The Morgan fingerprint density at radius 3 is 1.91 bits per heavy atom. The normalized spacial score (nSPS) is 11.5. The van der Waals surface area contributed by atoms with Crippen LogP contribution in [0.15, 0.2) is 72.8 Å². The first-order valence-corrected chi connectivity index (χ1v) is 14.3. The summed E-state index contributed by atoms with van der Waals surface area (Å²) in [5.41, 5.74) is 2.23. The van der Waals surface area contributed by atoms with Gasteiger partial charge in [-0.05, 0) is 35.4 Å². The molecule has 0 saturated heterocycles. The van der Waals surface area contributed by atoms with Gasteiger partial charge in [0.2, 0.25) is 10.0 Å². The lowest BCUT2D eigenvalue weighted by Gasteiger charge is -2.17. The van der Waals surface area contributed by atoms with Crippen LogP contribution < -0.4 is 14.8 Å². The van der Waals surface area contributed by atoms with Gasteiger partial charge in [-0.25, -0.2) is 8.42 Å². The molecule has 3 N–H and O–H groups in total. The first-order valence-electron chi connectivity index (χ1n) is 10.8. The number of rotatable bonds is 7. The highest BCUT2D eigenvalue weighted by atomic mass is 32.2. The summed E-state index contributed by atoms with van der Waals surface area (Å²) in [4.78, 5) is 0. The zero-order valence-electron chi connectivity index (χ0n) is 19.6. The largest absolute Gasteiger partial charge is 0.494 e. The molecule has 186 valence electrons. The quantitative estimate of drug-likeness (QED) is 0.222. The van der Waals surface area contributed by atoms with E-state index in [-0.39, 0.29) is 5.75 Å². The van der Waals surface area contributed by atoms with E-state index in [1.165, 1.54) is 0 Å². The standard InChI is InChI=1S/C24H24N2O3S.CH4O3S/c1-3-14-30(27,28)26-19-12-13-22(23(16-19)29-2)25-24-20-10-6-4-8-17(20)15-18-9-5-7-11-21(18)24;1-5(2,3)4/h4-13,15-16,25-26H,3,14H2,1-2H3;1H3,(H,2,3,4). The topological polar surface area (TPSA) is 122 Å². The number of methoxy groups -OCH3 is 1. The Hall–Kier alpha value is -3.34. The molecule has 0 aliphatic carbocycles. The smallest absolute Gasteiger partial charge is 0.261 e. The molecule has 0 aliphatic heterocycles. The van der Waals surface area contributed by atoms with Crippen molar-refractivity contribution in [1.29, 1.82) is 0 Å².